The first-order valence-corrected chi connectivity index (χ1v) is 4.10. The fourth-order valence-corrected chi connectivity index (χ4v) is 0.518. The maximum absolute atomic E-state index is 10.9. The van der Waals surface area contributed by atoms with Crippen LogP contribution in [0.5, 0.6) is 0 Å². The third-order valence-corrected chi connectivity index (χ3v) is 1.36. The van der Waals surface area contributed by atoms with Crippen LogP contribution in [-0.4, -0.2) is 31.3 Å². The van der Waals surface area contributed by atoms with Crippen molar-refractivity contribution in [2.45, 2.75) is 19.8 Å². The first-order chi connectivity index (χ1) is 6.60. The van der Waals surface area contributed by atoms with Gasteiger partial charge < -0.3 is 15.3 Å². The first kappa shape index (κ1) is 12.6. The lowest BCUT2D eigenvalue weighted by molar-refractivity contribution is -0.148. The van der Waals surface area contributed by atoms with Crippen molar-refractivity contribution in [1.82, 2.24) is 0 Å². The van der Waals surface area contributed by atoms with Crippen LogP contribution in [0.1, 0.15) is 19.8 Å². The number of nitrogens with two attached hydrogens (primary N) is 1. The van der Waals surface area contributed by atoms with Crippen LogP contribution in [0.4, 0.5) is 0 Å². The number of carbonyl (C=O) groups is 2. The summed E-state index contributed by atoms with van der Waals surface area (Å²) < 4.78 is 4.34. The summed E-state index contributed by atoms with van der Waals surface area (Å²) in [6.45, 7) is 1.86. The molecule has 0 saturated carbocycles. The van der Waals surface area contributed by atoms with Crippen molar-refractivity contribution in [1.29, 1.82) is 0 Å². The predicted molar refractivity (Wildman–Crippen MR) is 49.5 cm³/mol. The fourth-order valence-electron chi connectivity index (χ4n) is 0.518. The smallest absolute Gasteiger partial charge is 0.335 e. The Bertz CT molecular complexity index is 237. The SMILES string of the molecule is COC(=O)CCC(=O)ON=C(C)CN. The second-order valence-electron chi connectivity index (χ2n) is 2.57. The molecule has 0 amide bonds. The zero-order valence-corrected chi connectivity index (χ0v) is 8.28. The standard InChI is InChI=1S/C8H14N2O4/c1-6(5-9)10-14-8(12)4-3-7(11)13-2/h3-5,9H2,1-2H3. The molecule has 6 nitrogen and oxygen atoms in total. The Hall–Kier alpha value is -1.43. The van der Waals surface area contributed by atoms with E-state index in [2.05, 4.69) is 14.7 Å². The van der Waals surface area contributed by atoms with E-state index in [1.165, 1.54) is 7.11 Å². The lowest BCUT2D eigenvalue weighted by Gasteiger charge is -1.98. The van der Waals surface area contributed by atoms with Gasteiger partial charge in [0.1, 0.15) is 0 Å². The molecule has 0 radical (unpaired) electrons. The van der Waals surface area contributed by atoms with Crippen LogP contribution in [-0.2, 0) is 19.2 Å². The minimum absolute atomic E-state index is 0.00741. The van der Waals surface area contributed by atoms with Gasteiger partial charge >= 0.3 is 11.9 Å². The molecule has 0 saturated heterocycles. The minimum atomic E-state index is -0.580. The Morgan fingerprint density at radius 1 is 1.29 bits per heavy atom. The number of hydrogen-bond acceptors (Lipinski definition) is 6. The van der Waals surface area contributed by atoms with Crippen molar-refractivity contribution in [3.8, 4) is 0 Å². The zero-order chi connectivity index (χ0) is 11.0. The molecule has 14 heavy (non-hydrogen) atoms. The van der Waals surface area contributed by atoms with Crippen molar-refractivity contribution >= 4 is 17.7 Å². The number of nitrogens with zero attached hydrogens (tertiary/aromatic N) is 1. The molecule has 0 aromatic carbocycles. The van der Waals surface area contributed by atoms with Crippen molar-refractivity contribution < 1.29 is 19.2 Å². The summed E-state index contributed by atoms with van der Waals surface area (Å²) in [5.41, 5.74) is 5.72. The molecule has 0 aromatic heterocycles. The Morgan fingerprint density at radius 2 is 1.86 bits per heavy atom. The van der Waals surface area contributed by atoms with Gasteiger partial charge in [0, 0.05) is 6.54 Å². The average Bonchev–Trinajstić information content (AvgIpc) is 2.22. The van der Waals surface area contributed by atoms with E-state index in [0.29, 0.717) is 5.71 Å². The molecule has 0 rings (SSSR count). The average molecular weight is 202 g/mol. The van der Waals surface area contributed by atoms with Crippen LogP contribution < -0.4 is 5.73 Å². The van der Waals surface area contributed by atoms with Crippen LogP contribution in [0.3, 0.4) is 0 Å². The summed E-state index contributed by atoms with van der Waals surface area (Å²) in [5.74, 6) is -1.04. The number of esters is 1. The molecule has 0 spiro atoms. The monoisotopic (exact) mass is 202 g/mol. The van der Waals surface area contributed by atoms with Gasteiger partial charge in [0.15, 0.2) is 0 Å². The van der Waals surface area contributed by atoms with Crippen LogP contribution in [0.15, 0.2) is 5.16 Å². The normalized spacial score (nSPS) is 10.9. The van der Waals surface area contributed by atoms with E-state index in [-0.39, 0.29) is 19.4 Å². The molecule has 0 heterocycles. The van der Waals surface area contributed by atoms with E-state index in [4.69, 9.17) is 5.73 Å². The van der Waals surface area contributed by atoms with E-state index in [9.17, 15) is 9.59 Å². The highest BCUT2D eigenvalue weighted by Crippen LogP contribution is 1.95. The Balaban J connectivity index is 3.71. The first-order valence-electron chi connectivity index (χ1n) is 4.10. The summed E-state index contributed by atoms with van der Waals surface area (Å²) >= 11 is 0. The number of hydrogen-bond donors (Lipinski definition) is 1. The van der Waals surface area contributed by atoms with Crippen LogP contribution >= 0.6 is 0 Å². The minimum Gasteiger partial charge on any atom is -0.469 e. The molecule has 0 aliphatic carbocycles. The molecule has 0 bridgehead atoms. The summed E-state index contributed by atoms with van der Waals surface area (Å²) in [5, 5.41) is 3.44. The van der Waals surface area contributed by atoms with Gasteiger partial charge in [-0.05, 0) is 6.92 Å². The van der Waals surface area contributed by atoms with Gasteiger partial charge in [0.25, 0.3) is 0 Å². The van der Waals surface area contributed by atoms with Gasteiger partial charge in [-0.1, -0.05) is 5.16 Å². The molecule has 80 valence electrons. The molecule has 0 atom stereocenters. The van der Waals surface area contributed by atoms with Gasteiger partial charge in [0.05, 0.1) is 25.7 Å². The van der Waals surface area contributed by atoms with Crippen molar-refractivity contribution in [2.24, 2.45) is 10.9 Å². The molecule has 2 N–H and O–H groups in total. The topological polar surface area (TPSA) is 91.0 Å². The fraction of sp³-hybridized carbons (Fsp3) is 0.625. The lowest BCUT2D eigenvalue weighted by atomic mass is 10.3. The highest BCUT2D eigenvalue weighted by Gasteiger charge is 2.07. The Morgan fingerprint density at radius 3 is 2.36 bits per heavy atom. The second kappa shape index (κ2) is 7.02. The van der Waals surface area contributed by atoms with E-state index in [0.717, 1.165) is 0 Å². The van der Waals surface area contributed by atoms with Crippen LogP contribution in [0.2, 0.25) is 0 Å². The predicted octanol–water partition coefficient (Wildman–Crippen LogP) is -0.183. The van der Waals surface area contributed by atoms with E-state index >= 15 is 0 Å². The van der Waals surface area contributed by atoms with Crippen LogP contribution in [0.25, 0.3) is 0 Å². The molecular formula is C8H14N2O4. The molecule has 6 heteroatoms. The third kappa shape index (κ3) is 6.13. The maximum atomic E-state index is 10.9. The zero-order valence-electron chi connectivity index (χ0n) is 8.28. The van der Waals surface area contributed by atoms with Gasteiger partial charge in [-0.2, -0.15) is 0 Å². The Kier molecular flexibility index (Phi) is 6.30. The Labute approximate surface area is 82.0 Å². The molecule has 0 aromatic rings. The van der Waals surface area contributed by atoms with Gasteiger partial charge in [-0.3, -0.25) is 4.79 Å². The maximum Gasteiger partial charge on any atom is 0.335 e. The summed E-state index contributed by atoms with van der Waals surface area (Å²) in [4.78, 5) is 26.0. The number of rotatable bonds is 5. The van der Waals surface area contributed by atoms with Crippen molar-refractivity contribution in [3.05, 3.63) is 0 Å². The van der Waals surface area contributed by atoms with Gasteiger partial charge in [-0.25, -0.2) is 4.79 Å². The number of oxime groups is 1. The van der Waals surface area contributed by atoms with E-state index < -0.39 is 11.9 Å². The third-order valence-electron chi connectivity index (χ3n) is 1.36. The summed E-state index contributed by atoms with van der Waals surface area (Å²) in [6.07, 6.45) is -0.0550. The largest absolute Gasteiger partial charge is 0.469 e. The highest BCUT2D eigenvalue weighted by molar-refractivity contribution is 5.84. The molecular weight excluding hydrogens is 188 g/mol. The molecule has 0 fully saturated rings. The van der Waals surface area contributed by atoms with E-state index in [1.54, 1.807) is 6.92 Å². The summed E-state index contributed by atoms with van der Waals surface area (Å²) in [6, 6.07) is 0. The highest BCUT2D eigenvalue weighted by atomic mass is 16.7. The molecule has 0 aliphatic rings. The number of ether oxygens (including phenoxy) is 1. The quantitative estimate of drug-likeness (QED) is 0.289. The number of carbonyl (C=O) groups excluding carboxylic acids is 2. The molecule has 0 unspecified atom stereocenters. The lowest BCUT2D eigenvalue weighted by Crippen LogP contribution is -2.12. The van der Waals surface area contributed by atoms with Crippen LogP contribution in [0, 0.1) is 0 Å². The second-order valence-corrected chi connectivity index (χ2v) is 2.57. The summed E-state index contributed by atoms with van der Waals surface area (Å²) in [7, 11) is 1.25. The molecule has 0 aliphatic heterocycles. The van der Waals surface area contributed by atoms with E-state index in [1.807, 2.05) is 0 Å². The van der Waals surface area contributed by atoms with Crippen molar-refractivity contribution in [3.63, 3.8) is 0 Å². The van der Waals surface area contributed by atoms with Gasteiger partial charge in [0.2, 0.25) is 0 Å². The van der Waals surface area contributed by atoms with Gasteiger partial charge in [-0.15, -0.1) is 0 Å². The number of methoxy groups -OCH3 is 1. The van der Waals surface area contributed by atoms with Crippen molar-refractivity contribution in [2.75, 3.05) is 13.7 Å².